The van der Waals surface area contributed by atoms with Crippen molar-refractivity contribution in [1.82, 2.24) is 0 Å². The quantitative estimate of drug-likeness (QED) is 0.578. The third-order valence-corrected chi connectivity index (χ3v) is 1.61. The highest BCUT2D eigenvalue weighted by Gasteiger charge is 2.10. The molecule has 1 aromatic heterocycles. The summed E-state index contributed by atoms with van der Waals surface area (Å²) in [6.45, 7) is 2.11. The van der Waals surface area contributed by atoms with E-state index in [1.807, 2.05) is 0 Å². The lowest BCUT2D eigenvalue weighted by atomic mass is 10.4. The van der Waals surface area contributed by atoms with Gasteiger partial charge in [0.15, 0.2) is 0 Å². The van der Waals surface area contributed by atoms with E-state index in [0.717, 1.165) is 0 Å². The molecule has 0 saturated carbocycles. The van der Waals surface area contributed by atoms with E-state index in [1.54, 1.807) is 19.1 Å². The number of carbonyl (C=O) groups is 1. The second-order valence-corrected chi connectivity index (χ2v) is 2.46. The Morgan fingerprint density at radius 3 is 2.92 bits per heavy atom. The molecule has 0 aromatic carbocycles. The number of hydrogen-bond donors (Lipinski definition) is 1. The van der Waals surface area contributed by atoms with Crippen LogP contribution < -0.4 is 0 Å². The summed E-state index contributed by atoms with van der Waals surface area (Å²) < 4.78 is 9.82. The summed E-state index contributed by atoms with van der Waals surface area (Å²) in [4.78, 5) is 11.0. The van der Waals surface area contributed by atoms with Gasteiger partial charge < -0.3 is 9.15 Å². The van der Waals surface area contributed by atoms with Gasteiger partial charge in [0, 0.05) is 5.75 Å². The summed E-state index contributed by atoms with van der Waals surface area (Å²) in [7, 11) is 0. The van der Waals surface area contributed by atoms with E-state index >= 15 is 0 Å². The molecule has 0 amide bonds. The van der Waals surface area contributed by atoms with Crippen molar-refractivity contribution in [3.8, 4) is 0 Å². The highest BCUT2D eigenvalue weighted by molar-refractivity contribution is 7.79. The van der Waals surface area contributed by atoms with Crippen molar-refractivity contribution in [3.05, 3.63) is 23.7 Å². The number of carbonyl (C=O) groups excluding carboxylic acids is 1. The third kappa shape index (κ3) is 2.04. The van der Waals surface area contributed by atoms with Crippen LogP contribution >= 0.6 is 12.6 Å². The first-order valence-corrected chi connectivity index (χ1v) is 4.28. The fourth-order valence-electron chi connectivity index (χ4n) is 0.775. The maximum atomic E-state index is 11.0. The first-order valence-electron chi connectivity index (χ1n) is 3.64. The molecule has 0 aliphatic heterocycles. The molecule has 0 aliphatic carbocycles. The number of hydrogen-bond acceptors (Lipinski definition) is 4. The predicted molar refractivity (Wildman–Crippen MR) is 47.4 cm³/mol. The van der Waals surface area contributed by atoms with Crippen LogP contribution in [0.1, 0.15) is 23.2 Å². The van der Waals surface area contributed by atoms with Crippen LogP contribution in [0.15, 0.2) is 16.5 Å². The Hall–Kier alpha value is -0.900. The van der Waals surface area contributed by atoms with E-state index in [4.69, 9.17) is 9.15 Å². The molecule has 0 radical (unpaired) electrons. The Balaban J connectivity index is 2.68. The summed E-state index contributed by atoms with van der Waals surface area (Å²) in [6.07, 6.45) is 0. The molecule has 0 unspecified atom stereocenters. The SMILES string of the molecule is CCOC(=O)c1ccc(CS)o1. The van der Waals surface area contributed by atoms with E-state index in [1.165, 1.54) is 0 Å². The minimum Gasteiger partial charge on any atom is -0.460 e. The molecule has 66 valence electrons. The third-order valence-electron chi connectivity index (χ3n) is 1.29. The van der Waals surface area contributed by atoms with Gasteiger partial charge in [-0.25, -0.2) is 4.79 Å². The van der Waals surface area contributed by atoms with Gasteiger partial charge in [-0.3, -0.25) is 0 Å². The van der Waals surface area contributed by atoms with Crippen LogP contribution in [-0.2, 0) is 10.5 Å². The Morgan fingerprint density at radius 1 is 1.67 bits per heavy atom. The van der Waals surface area contributed by atoms with Crippen LogP contribution in [0.5, 0.6) is 0 Å². The molecule has 1 heterocycles. The standard InChI is InChI=1S/C8H10O3S/c1-2-10-8(9)7-4-3-6(5-12)11-7/h3-4,12H,2,5H2,1H3. The molecule has 0 saturated heterocycles. The number of esters is 1. The number of thiol groups is 1. The van der Waals surface area contributed by atoms with Crippen molar-refractivity contribution >= 4 is 18.6 Å². The molecular formula is C8H10O3S. The first-order chi connectivity index (χ1) is 5.77. The highest BCUT2D eigenvalue weighted by Crippen LogP contribution is 2.10. The molecule has 3 nitrogen and oxygen atoms in total. The summed E-state index contributed by atoms with van der Waals surface area (Å²) >= 11 is 4.00. The average Bonchev–Trinajstić information content (AvgIpc) is 2.52. The van der Waals surface area contributed by atoms with Gasteiger partial charge in [0.1, 0.15) is 5.76 Å². The van der Waals surface area contributed by atoms with Crippen molar-refractivity contribution in [2.75, 3.05) is 6.61 Å². The maximum absolute atomic E-state index is 11.0. The van der Waals surface area contributed by atoms with Gasteiger partial charge in [-0.15, -0.1) is 0 Å². The summed E-state index contributed by atoms with van der Waals surface area (Å²) in [5, 5.41) is 0. The number of rotatable bonds is 3. The molecule has 0 fully saturated rings. The van der Waals surface area contributed by atoms with Crippen molar-refractivity contribution in [3.63, 3.8) is 0 Å². The Bertz CT molecular complexity index is 267. The fourth-order valence-corrected chi connectivity index (χ4v) is 0.945. The Kier molecular flexibility index (Phi) is 3.22. The molecular weight excluding hydrogens is 176 g/mol. The van der Waals surface area contributed by atoms with E-state index in [0.29, 0.717) is 18.1 Å². The lowest BCUT2D eigenvalue weighted by Crippen LogP contribution is -2.02. The van der Waals surface area contributed by atoms with E-state index in [-0.39, 0.29) is 5.76 Å². The zero-order valence-corrected chi connectivity index (χ0v) is 7.64. The minimum absolute atomic E-state index is 0.237. The average molecular weight is 186 g/mol. The second-order valence-electron chi connectivity index (χ2n) is 2.14. The van der Waals surface area contributed by atoms with Crippen molar-refractivity contribution in [2.24, 2.45) is 0 Å². The molecule has 1 rings (SSSR count). The summed E-state index contributed by atoms with van der Waals surface area (Å²) in [5.74, 6) is 0.965. The monoisotopic (exact) mass is 186 g/mol. The van der Waals surface area contributed by atoms with Crippen LogP contribution in [0.25, 0.3) is 0 Å². The smallest absolute Gasteiger partial charge is 0.374 e. The van der Waals surface area contributed by atoms with Crippen molar-refractivity contribution < 1.29 is 13.9 Å². The first kappa shape index (κ1) is 9.19. The zero-order valence-electron chi connectivity index (χ0n) is 6.74. The van der Waals surface area contributed by atoms with E-state index in [2.05, 4.69) is 12.6 Å². The normalized spacial score (nSPS) is 9.83. The molecule has 1 aromatic rings. The van der Waals surface area contributed by atoms with Gasteiger partial charge in [-0.05, 0) is 19.1 Å². The van der Waals surface area contributed by atoms with E-state index in [9.17, 15) is 4.79 Å². The minimum atomic E-state index is -0.425. The van der Waals surface area contributed by atoms with Crippen LogP contribution in [0.4, 0.5) is 0 Å². The van der Waals surface area contributed by atoms with Crippen LogP contribution in [-0.4, -0.2) is 12.6 Å². The van der Waals surface area contributed by atoms with Gasteiger partial charge >= 0.3 is 5.97 Å². The lowest BCUT2D eigenvalue weighted by molar-refractivity contribution is 0.0488. The Morgan fingerprint density at radius 2 is 2.42 bits per heavy atom. The topological polar surface area (TPSA) is 39.4 Å². The molecule has 0 atom stereocenters. The second kappa shape index (κ2) is 4.21. The maximum Gasteiger partial charge on any atom is 0.374 e. The molecule has 12 heavy (non-hydrogen) atoms. The fraction of sp³-hybridized carbons (Fsp3) is 0.375. The van der Waals surface area contributed by atoms with Gasteiger partial charge in [-0.2, -0.15) is 12.6 Å². The summed E-state index contributed by atoms with van der Waals surface area (Å²) in [5.41, 5.74) is 0. The predicted octanol–water partition coefficient (Wildman–Crippen LogP) is 1.89. The van der Waals surface area contributed by atoms with Gasteiger partial charge in [-0.1, -0.05) is 0 Å². The number of ether oxygens (including phenoxy) is 1. The molecule has 0 N–H and O–H groups in total. The lowest BCUT2D eigenvalue weighted by Gasteiger charge is -1.96. The van der Waals surface area contributed by atoms with Gasteiger partial charge in [0.2, 0.25) is 5.76 Å². The van der Waals surface area contributed by atoms with Crippen molar-refractivity contribution in [2.45, 2.75) is 12.7 Å². The molecule has 0 aliphatic rings. The van der Waals surface area contributed by atoms with Crippen LogP contribution in [0, 0.1) is 0 Å². The Labute approximate surface area is 76.1 Å². The van der Waals surface area contributed by atoms with E-state index < -0.39 is 5.97 Å². The largest absolute Gasteiger partial charge is 0.460 e. The van der Waals surface area contributed by atoms with Crippen LogP contribution in [0.2, 0.25) is 0 Å². The van der Waals surface area contributed by atoms with Gasteiger partial charge in [0.25, 0.3) is 0 Å². The zero-order chi connectivity index (χ0) is 8.97. The molecule has 0 spiro atoms. The summed E-state index contributed by atoms with van der Waals surface area (Å²) in [6, 6.07) is 3.29. The highest BCUT2D eigenvalue weighted by atomic mass is 32.1. The van der Waals surface area contributed by atoms with Gasteiger partial charge in [0.05, 0.1) is 6.61 Å². The molecule has 4 heteroatoms. The van der Waals surface area contributed by atoms with Crippen molar-refractivity contribution in [1.29, 1.82) is 0 Å². The molecule has 0 bridgehead atoms. The van der Waals surface area contributed by atoms with Crippen LogP contribution in [0.3, 0.4) is 0 Å². The number of furan rings is 1.